The first-order chi connectivity index (χ1) is 15.4. The number of nitrogens with zero attached hydrogens (tertiary/aromatic N) is 3. The van der Waals surface area contributed by atoms with E-state index in [2.05, 4.69) is 30.6 Å². The van der Waals surface area contributed by atoms with E-state index in [4.69, 9.17) is 4.98 Å². The highest BCUT2D eigenvalue weighted by Crippen LogP contribution is 2.33. The molecule has 1 amide bonds. The van der Waals surface area contributed by atoms with Crippen LogP contribution in [0, 0.1) is 0 Å². The summed E-state index contributed by atoms with van der Waals surface area (Å²) < 4.78 is 5.31. The number of thiophene rings is 1. The van der Waals surface area contributed by atoms with Gasteiger partial charge in [0.1, 0.15) is 16.5 Å². The second kappa shape index (κ2) is 8.89. The maximum absolute atomic E-state index is 12.4. The first-order valence-electron chi connectivity index (χ1n) is 10.9. The van der Waals surface area contributed by atoms with Crippen LogP contribution in [0.3, 0.4) is 0 Å². The van der Waals surface area contributed by atoms with Crippen molar-refractivity contribution in [1.82, 2.24) is 25.0 Å². The van der Waals surface area contributed by atoms with E-state index < -0.39 is 5.60 Å². The van der Waals surface area contributed by atoms with Gasteiger partial charge in [-0.25, -0.2) is 4.98 Å². The third-order valence-corrected chi connectivity index (χ3v) is 7.70. The van der Waals surface area contributed by atoms with E-state index in [1.54, 1.807) is 17.4 Å². The maximum atomic E-state index is 12.4. The fourth-order valence-corrected chi connectivity index (χ4v) is 5.60. The van der Waals surface area contributed by atoms with Gasteiger partial charge in [0, 0.05) is 24.7 Å². The van der Waals surface area contributed by atoms with Gasteiger partial charge in [-0.2, -0.15) is 9.36 Å². The van der Waals surface area contributed by atoms with Crippen molar-refractivity contribution in [2.45, 2.75) is 56.7 Å². The first-order valence-corrected chi connectivity index (χ1v) is 12.6. The summed E-state index contributed by atoms with van der Waals surface area (Å²) in [5.74, 6) is 1.11. The standard InChI is InChI=1S/C21H27N7O2S2/c1-21(30)6-2-12(3-7-21)23-18-17-14(5-9-31-17)25-20(27-18)26-16-10-15(28-32-16)19(29)24-13-4-8-22-11-13/h5,9-10,12-13,22,30H,2-4,6-8,11H2,1H3,(H,24,29)(H2,23,25,26,27)/t12?,13-,21?/m1/s1. The molecule has 0 radical (unpaired) electrons. The number of amides is 1. The summed E-state index contributed by atoms with van der Waals surface area (Å²) in [5, 5.41) is 26.0. The van der Waals surface area contributed by atoms with Crippen molar-refractivity contribution in [2.24, 2.45) is 0 Å². The van der Waals surface area contributed by atoms with Crippen LogP contribution in [0.25, 0.3) is 10.2 Å². The molecule has 1 aliphatic carbocycles. The molecular weight excluding hydrogens is 446 g/mol. The molecule has 0 bridgehead atoms. The number of anilines is 3. The molecule has 11 heteroatoms. The molecule has 170 valence electrons. The maximum Gasteiger partial charge on any atom is 0.271 e. The van der Waals surface area contributed by atoms with E-state index in [1.165, 1.54) is 11.5 Å². The molecule has 3 aromatic heterocycles. The van der Waals surface area contributed by atoms with Crippen molar-refractivity contribution in [3.8, 4) is 0 Å². The monoisotopic (exact) mass is 473 g/mol. The molecule has 1 aliphatic heterocycles. The zero-order chi connectivity index (χ0) is 22.1. The van der Waals surface area contributed by atoms with Crippen LogP contribution in [0.2, 0.25) is 0 Å². The van der Waals surface area contributed by atoms with E-state index in [1.807, 2.05) is 18.4 Å². The summed E-state index contributed by atoms with van der Waals surface area (Å²) in [7, 11) is 0. The molecule has 1 atom stereocenters. The predicted octanol–water partition coefficient (Wildman–Crippen LogP) is 3.09. The Bertz CT molecular complexity index is 1100. The van der Waals surface area contributed by atoms with E-state index in [9.17, 15) is 9.90 Å². The van der Waals surface area contributed by atoms with E-state index in [0.29, 0.717) is 16.6 Å². The van der Waals surface area contributed by atoms with Gasteiger partial charge in [-0.15, -0.1) is 11.3 Å². The molecule has 2 aliphatic rings. The van der Waals surface area contributed by atoms with Crippen molar-refractivity contribution >= 4 is 55.8 Å². The van der Waals surface area contributed by atoms with Gasteiger partial charge in [0.25, 0.3) is 5.91 Å². The summed E-state index contributed by atoms with van der Waals surface area (Å²) in [6.07, 6.45) is 4.28. The van der Waals surface area contributed by atoms with Gasteiger partial charge in [-0.1, -0.05) is 0 Å². The van der Waals surface area contributed by atoms with E-state index in [-0.39, 0.29) is 18.0 Å². The Morgan fingerprint density at radius 1 is 1.25 bits per heavy atom. The number of hydrogen-bond donors (Lipinski definition) is 5. The van der Waals surface area contributed by atoms with Gasteiger partial charge in [0.15, 0.2) is 0 Å². The summed E-state index contributed by atoms with van der Waals surface area (Å²) in [6.45, 7) is 3.62. The van der Waals surface area contributed by atoms with Crippen LogP contribution in [-0.4, -0.2) is 56.1 Å². The largest absolute Gasteiger partial charge is 0.390 e. The second-order valence-corrected chi connectivity index (χ2v) is 10.5. The number of carbonyl (C=O) groups excluding carboxylic acids is 1. The minimum absolute atomic E-state index is 0.155. The average molecular weight is 474 g/mol. The molecule has 0 spiro atoms. The molecule has 5 N–H and O–H groups in total. The molecule has 0 unspecified atom stereocenters. The molecule has 0 aromatic carbocycles. The molecule has 3 aromatic rings. The normalized spacial score (nSPS) is 25.7. The molecule has 32 heavy (non-hydrogen) atoms. The zero-order valence-electron chi connectivity index (χ0n) is 17.9. The summed E-state index contributed by atoms with van der Waals surface area (Å²) >= 11 is 2.82. The summed E-state index contributed by atoms with van der Waals surface area (Å²) in [5.41, 5.74) is 0.696. The SMILES string of the molecule is CC1(O)CCC(Nc2nc(Nc3cc(C(=O)N[C@@H]4CCNC4)ns3)nc3ccsc23)CC1. The number of nitrogens with one attached hydrogen (secondary N) is 4. The van der Waals surface area contributed by atoms with Crippen molar-refractivity contribution in [3.05, 3.63) is 23.2 Å². The highest BCUT2D eigenvalue weighted by atomic mass is 32.1. The van der Waals surface area contributed by atoms with Crippen LogP contribution < -0.4 is 21.3 Å². The van der Waals surface area contributed by atoms with E-state index in [0.717, 1.165) is 61.2 Å². The van der Waals surface area contributed by atoms with Crippen LogP contribution in [0.1, 0.15) is 49.5 Å². The first kappa shape index (κ1) is 21.5. The second-order valence-electron chi connectivity index (χ2n) is 8.81. The molecule has 5 rings (SSSR count). The third-order valence-electron chi connectivity index (χ3n) is 6.08. The highest BCUT2D eigenvalue weighted by molar-refractivity contribution is 7.17. The lowest BCUT2D eigenvalue weighted by Gasteiger charge is -2.33. The van der Waals surface area contributed by atoms with E-state index >= 15 is 0 Å². The average Bonchev–Trinajstić information content (AvgIpc) is 3.51. The molecule has 1 saturated carbocycles. The van der Waals surface area contributed by atoms with Crippen LogP contribution in [-0.2, 0) is 0 Å². The summed E-state index contributed by atoms with van der Waals surface area (Å²) in [6, 6.07) is 4.14. The van der Waals surface area contributed by atoms with Crippen LogP contribution in [0.15, 0.2) is 17.5 Å². The van der Waals surface area contributed by atoms with Gasteiger partial charge >= 0.3 is 0 Å². The fraction of sp³-hybridized carbons (Fsp3) is 0.524. The smallest absolute Gasteiger partial charge is 0.271 e. The van der Waals surface area contributed by atoms with Crippen LogP contribution in [0.4, 0.5) is 16.8 Å². The number of rotatable bonds is 6. The highest BCUT2D eigenvalue weighted by Gasteiger charge is 2.29. The minimum Gasteiger partial charge on any atom is -0.390 e. The number of aromatic nitrogens is 3. The van der Waals surface area contributed by atoms with Gasteiger partial charge < -0.3 is 26.4 Å². The van der Waals surface area contributed by atoms with Crippen molar-refractivity contribution < 1.29 is 9.90 Å². The minimum atomic E-state index is -0.570. The molecule has 4 heterocycles. The topological polar surface area (TPSA) is 124 Å². The van der Waals surface area contributed by atoms with Gasteiger partial charge in [0.05, 0.1) is 15.8 Å². The lowest BCUT2D eigenvalue weighted by Crippen LogP contribution is -2.36. The lowest BCUT2D eigenvalue weighted by molar-refractivity contribution is 0.0196. The van der Waals surface area contributed by atoms with Crippen molar-refractivity contribution in [1.29, 1.82) is 0 Å². The van der Waals surface area contributed by atoms with Crippen LogP contribution >= 0.6 is 22.9 Å². The Morgan fingerprint density at radius 3 is 2.88 bits per heavy atom. The predicted molar refractivity (Wildman–Crippen MR) is 128 cm³/mol. The molecule has 2 fully saturated rings. The Kier molecular flexibility index (Phi) is 5.97. The van der Waals surface area contributed by atoms with Crippen molar-refractivity contribution in [3.63, 3.8) is 0 Å². The third kappa shape index (κ3) is 4.85. The Morgan fingerprint density at radius 2 is 2.09 bits per heavy atom. The number of carbonyl (C=O) groups is 1. The molecular formula is C21H27N7O2S2. The Hall–Kier alpha value is -2.34. The molecule has 9 nitrogen and oxygen atoms in total. The van der Waals surface area contributed by atoms with Gasteiger partial charge in [0.2, 0.25) is 5.95 Å². The fourth-order valence-electron chi connectivity index (χ4n) is 4.18. The summed E-state index contributed by atoms with van der Waals surface area (Å²) in [4.78, 5) is 21.8. The quantitative estimate of drug-likeness (QED) is 0.370. The van der Waals surface area contributed by atoms with Gasteiger partial charge in [-0.05, 0) is 68.6 Å². The number of fused-ring (bicyclic) bond motifs is 1. The van der Waals surface area contributed by atoms with Crippen LogP contribution in [0.5, 0.6) is 0 Å². The zero-order valence-corrected chi connectivity index (χ0v) is 19.5. The van der Waals surface area contributed by atoms with Crippen molar-refractivity contribution in [2.75, 3.05) is 23.7 Å². The Labute approximate surface area is 194 Å². The van der Waals surface area contributed by atoms with Gasteiger partial charge in [-0.3, -0.25) is 4.79 Å². The number of aliphatic hydroxyl groups is 1. The Balaban J connectivity index is 1.29. The lowest BCUT2D eigenvalue weighted by atomic mass is 9.84. The molecule has 1 saturated heterocycles. The number of hydrogen-bond acceptors (Lipinski definition) is 10.